The number of carbonyl (C=O) groups is 1. The van der Waals surface area contributed by atoms with Gasteiger partial charge in [0.05, 0.1) is 11.3 Å². The predicted octanol–water partition coefficient (Wildman–Crippen LogP) is 2.54. The molecular weight excluding hydrogens is 245 g/mol. The largest absolute Gasteiger partial charge is 0.372 e. The number of anilines is 2. The third-order valence-corrected chi connectivity index (χ3v) is 2.79. The average Bonchev–Trinajstić information content (AvgIpc) is 2.46. The van der Waals surface area contributed by atoms with Crippen molar-refractivity contribution in [1.82, 2.24) is 4.98 Å². The lowest BCUT2D eigenvalue weighted by molar-refractivity contribution is 0.0992. The molecule has 0 aliphatic heterocycles. The molecule has 0 saturated carbocycles. The van der Waals surface area contributed by atoms with E-state index in [1.165, 1.54) is 18.0 Å². The number of aromatic nitrogens is 1. The first-order valence-electron chi connectivity index (χ1n) is 5.80. The molecule has 5 heteroatoms. The van der Waals surface area contributed by atoms with Gasteiger partial charge in [0.2, 0.25) is 0 Å². The number of pyridine rings is 1. The fraction of sp³-hybridized carbons (Fsp3) is 0.143. The standard InChI is InChI=1S/C14H14FN3O/c1-16-13-10(6-5-9-17-13)14(19)18(2)12-8-4-3-7-11(12)15/h3-9H,1-2H3,(H,16,17). The second-order valence-corrected chi connectivity index (χ2v) is 3.97. The Bertz CT molecular complexity index is 601. The molecule has 1 aromatic carbocycles. The van der Waals surface area contributed by atoms with Crippen LogP contribution in [0.25, 0.3) is 0 Å². The Balaban J connectivity index is 2.37. The van der Waals surface area contributed by atoms with E-state index in [0.29, 0.717) is 11.4 Å². The number of amides is 1. The quantitative estimate of drug-likeness (QED) is 0.921. The van der Waals surface area contributed by atoms with Gasteiger partial charge in [0.15, 0.2) is 0 Å². The van der Waals surface area contributed by atoms with E-state index in [2.05, 4.69) is 10.3 Å². The number of rotatable bonds is 3. The number of carbonyl (C=O) groups excluding carboxylic acids is 1. The molecule has 0 fully saturated rings. The number of nitrogens with zero attached hydrogens (tertiary/aromatic N) is 2. The van der Waals surface area contributed by atoms with Gasteiger partial charge >= 0.3 is 0 Å². The normalized spacial score (nSPS) is 10.1. The van der Waals surface area contributed by atoms with Gasteiger partial charge < -0.3 is 10.2 Å². The van der Waals surface area contributed by atoms with Gasteiger partial charge in [-0.25, -0.2) is 9.37 Å². The number of benzene rings is 1. The molecule has 1 heterocycles. The average molecular weight is 259 g/mol. The summed E-state index contributed by atoms with van der Waals surface area (Å²) in [5.41, 5.74) is 0.633. The lowest BCUT2D eigenvalue weighted by Gasteiger charge is -2.19. The number of halogens is 1. The van der Waals surface area contributed by atoms with Crippen molar-refractivity contribution in [2.45, 2.75) is 0 Å². The Morgan fingerprint density at radius 1 is 1.26 bits per heavy atom. The van der Waals surface area contributed by atoms with E-state index in [1.807, 2.05) is 0 Å². The molecule has 0 aliphatic carbocycles. The minimum Gasteiger partial charge on any atom is -0.372 e. The van der Waals surface area contributed by atoms with Crippen molar-refractivity contribution in [3.05, 3.63) is 54.0 Å². The van der Waals surface area contributed by atoms with E-state index >= 15 is 0 Å². The molecule has 98 valence electrons. The van der Waals surface area contributed by atoms with Crippen molar-refractivity contribution in [3.8, 4) is 0 Å². The molecule has 2 rings (SSSR count). The van der Waals surface area contributed by atoms with Crippen molar-refractivity contribution in [2.75, 3.05) is 24.3 Å². The third-order valence-electron chi connectivity index (χ3n) is 2.79. The lowest BCUT2D eigenvalue weighted by Crippen LogP contribution is -2.28. The van der Waals surface area contributed by atoms with E-state index in [-0.39, 0.29) is 11.6 Å². The van der Waals surface area contributed by atoms with Crippen molar-refractivity contribution in [2.24, 2.45) is 0 Å². The molecule has 0 spiro atoms. The Hall–Kier alpha value is -2.43. The van der Waals surface area contributed by atoms with E-state index in [0.717, 1.165) is 0 Å². The van der Waals surface area contributed by atoms with Crippen LogP contribution in [0, 0.1) is 5.82 Å². The Labute approximate surface area is 110 Å². The number of hydrogen-bond acceptors (Lipinski definition) is 3. The van der Waals surface area contributed by atoms with Gasteiger partial charge in [-0.2, -0.15) is 0 Å². The predicted molar refractivity (Wildman–Crippen MR) is 72.9 cm³/mol. The summed E-state index contributed by atoms with van der Waals surface area (Å²) in [6, 6.07) is 9.47. The van der Waals surface area contributed by atoms with Gasteiger partial charge in [0.1, 0.15) is 11.6 Å². The first-order valence-corrected chi connectivity index (χ1v) is 5.80. The summed E-state index contributed by atoms with van der Waals surface area (Å²) in [6.45, 7) is 0. The highest BCUT2D eigenvalue weighted by atomic mass is 19.1. The maximum Gasteiger partial charge on any atom is 0.261 e. The first kappa shape index (κ1) is 13.0. The zero-order valence-corrected chi connectivity index (χ0v) is 10.7. The molecule has 0 saturated heterocycles. The number of nitrogens with one attached hydrogen (secondary N) is 1. The van der Waals surface area contributed by atoms with E-state index in [1.54, 1.807) is 43.6 Å². The zero-order chi connectivity index (χ0) is 13.8. The topological polar surface area (TPSA) is 45.2 Å². The molecule has 1 aromatic heterocycles. The molecule has 0 aliphatic rings. The molecule has 0 unspecified atom stereocenters. The molecule has 4 nitrogen and oxygen atoms in total. The van der Waals surface area contributed by atoms with Gasteiger partial charge in [0.25, 0.3) is 5.91 Å². The van der Waals surface area contributed by atoms with Crippen molar-refractivity contribution < 1.29 is 9.18 Å². The van der Waals surface area contributed by atoms with Crippen LogP contribution in [0.2, 0.25) is 0 Å². The van der Waals surface area contributed by atoms with Crippen LogP contribution in [-0.2, 0) is 0 Å². The van der Waals surface area contributed by atoms with Crippen molar-refractivity contribution in [1.29, 1.82) is 0 Å². The van der Waals surface area contributed by atoms with Crippen LogP contribution in [0.15, 0.2) is 42.6 Å². The van der Waals surface area contributed by atoms with Gasteiger partial charge in [-0.15, -0.1) is 0 Å². The second kappa shape index (κ2) is 5.48. The summed E-state index contributed by atoms with van der Waals surface area (Å²) in [6.07, 6.45) is 1.59. The van der Waals surface area contributed by atoms with E-state index in [4.69, 9.17) is 0 Å². The SMILES string of the molecule is CNc1ncccc1C(=O)N(C)c1ccccc1F. The summed E-state index contributed by atoms with van der Waals surface area (Å²) < 4.78 is 13.7. The van der Waals surface area contributed by atoms with E-state index < -0.39 is 5.82 Å². The summed E-state index contributed by atoms with van der Waals surface area (Å²) in [4.78, 5) is 17.7. The van der Waals surface area contributed by atoms with Gasteiger partial charge in [-0.1, -0.05) is 12.1 Å². The molecular formula is C14H14FN3O. The van der Waals surface area contributed by atoms with Crippen molar-refractivity contribution >= 4 is 17.4 Å². The molecule has 2 aromatic rings. The molecule has 0 bridgehead atoms. The van der Waals surface area contributed by atoms with Crippen molar-refractivity contribution in [3.63, 3.8) is 0 Å². The van der Waals surface area contributed by atoms with Crippen LogP contribution >= 0.6 is 0 Å². The van der Waals surface area contributed by atoms with Gasteiger partial charge in [-0.3, -0.25) is 4.79 Å². The van der Waals surface area contributed by atoms with Crippen LogP contribution in [0.3, 0.4) is 0 Å². The van der Waals surface area contributed by atoms with Crippen LogP contribution in [-0.4, -0.2) is 25.0 Å². The lowest BCUT2D eigenvalue weighted by atomic mass is 10.2. The minimum atomic E-state index is -0.437. The fourth-order valence-electron chi connectivity index (χ4n) is 1.79. The highest BCUT2D eigenvalue weighted by Gasteiger charge is 2.19. The monoisotopic (exact) mass is 259 g/mol. The fourth-order valence-corrected chi connectivity index (χ4v) is 1.79. The molecule has 0 radical (unpaired) electrons. The van der Waals surface area contributed by atoms with Crippen LogP contribution in [0.1, 0.15) is 10.4 Å². The van der Waals surface area contributed by atoms with Crippen LogP contribution in [0.5, 0.6) is 0 Å². The van der Waals surface area contributed by atoms with E-state index in [9.17, 15) is 9.18 Å². The summed E-state index contributed by atoms with van der Waals surface area (Å²) >= 11 is 0. The smallest absolute Gasteiger partial charge is 0.261 e. The number of hydrogen-bond donors (Lipinski definition) is 1. The Morgan fingerprint density at radius 2 is 2.00 bits per heavy atom. The zero-order valence-electron chi connectivity index (χ0n) is 10.7. The number of para-hydroxylation sites is 1. The Morgan fingerprint density at radius 3 is 2.68 bits per heavy atom. The van der Waals surface area contributed by atoms with Crippen LogP contribution in [0.4, 0.5) is 15.9 Å². The maximum absolute atomic E-state index is 13.7. The summed E-state index contributed by atoms with van der Waals surface area (Å²) in [5, 5.41) is 2.85. The molecule has 19 heavy (non-hydrogen) atoms. The highest BCUT2D eigenvalue weighted by Crippen LogP contribution is 2.21. The minimum absolute atomic E-state index is 0.235. The highest BCUT2D eigenvalue weighted by molar-refractivity contribution is 6.08. The Kier molecular flexibility index (Phi) is 3.75. The molecule has 0 atom stereocenters. The molecule has 1 amide bonds. The second-order valence-electron chi connectivity index (χ2n) is 3.97. The maximum atomic E-state index is 13.7. The van der Waals surface area contributed by atoms with Gasteiger partial charge in [-0.05, 0) is 24.3 Å². The molecule has 1 N–H and O–H groups in total. The third kappa shape index (κ3) is 2.54. The first-order chi connectivity index (χ1) is 9.15. The van der Waals surface area contributed by atoms with Crippen LogP contribution < -0.4 is 10.2 Å². The summed E-state index contributed by atoms with van der Waals surface area (Å²) in [5.74, 6) is -0.286. The summed E-state index contributed by atoms with van der Waals surface area (Å²) in [7, 11) is 3.22. The van der Waals surface area contributed by atoms with Gasteiger partial charge in [0, 0.05) is 20.3 Å².